The average Bonchev–Trinajstić information content (AvgIpc) is 2.80. The van der Waals surface area contributed by atoms with Crippen molar-refractivity contribution < 1.29 is 14.3 Å². The third-order valence-corrected chi connectivity index (χ3v) is 5.76. The number of aliphatic hydroxyl groups is 1. The van der Waals surface area contributed by atoms with Gasteiger partial charge < -0.3 is 15.3 Å². The van der Waals surface area contributed by atoms with Gasteiger partial charge in [0.15, 0.2) is 0 Å². The highest BCUT2D eigenvalue weighted by atomic mass is 19.1. The fourth-order valence-electron chi connectivity index (χ4n) is 3.84. The van der Waals surface area contributed by atoms with Gasteiger partial charge in [0.2, 0.25) is 5.91 Å². The smallest absolute Gasteiger partial charge is 0.240 e. The number of aliphatic hydroxyl groups excluding tert-OH is 1. The largest absolute Gasteiger partial charge is 0.376 e. The number of hydrogen-bond donors (Lipinski definition) is 3. The van der Waals surface area contributed by atoms with Crippen molar-refractivity contribution in [3.05, 3.63) is 83.7 Å². The third kappa shape index (κ3) is 5.67. The molecule has 0 radical (unpaired) electrons. The van der Waals surface area contributed by atoms with E-state index in [4.69, 9.17) is 0 Å². The van der Waals surface area contributed by atoms with Gasteiger partial charge in [0.05, 0.1) is 12.1 Å². The van der Waals surface area contributed by atoms with E-state index >= 15 is 0 Å². The molecular weight excluding hydrogens is 393 g/mol. The second-order valence-electron chi connectivity index (χ2n) is 7.81. The predicted octanol–water partition coefficient (Wildman–Crippen LogP) is 2.72. The molecule has 3 atom stereocenters. The molecule has 0 fully saturated rings. The van der Waals surface area contributed by atoms with Gasteiger partial charge in [0.25, 0.3) is 0 Å². The zero-order valence-corrected chi connectivity index (χ0v) is 18.2. The van der Waals surface area contributed by atoms with Crippen molar-refractivity contribution in [1.82, 2.24) is 15.5 Å². The summed E-state index contributed by atoms with van der Waals surface area (Å²) in [5.74, 6) is -0.429. The highest BCUT2D eigenvalue weighted by Crippen LogP contribution is 2.18. The van der Waals surface area contributed by atoms with E-state index in [1.807, 2.05) is 18.2 Å². The van der Waals surface area contributed by atoms with Crippen molar-refractivity contribution in [2.45, 2.75) is 31.2 Å². The summed E-state index contributed by atoms with van der Waals surface area (Å²) in [5.41, 5.74) is 1.90. The number of carbonyl (C=O) groups is 1. The van der Waals surface area contributed by atoms with E-state index in [0.29, 0.717) is 12.8 Å². The van der Waals surface area contributed by atoms with E-state index in [-0.39, 0.29) is 11.7 Å². The van der Waals surface area contributed by atoms with Crippen molar-refractivity contribution in [1.29, 1.82) is 0 Å². The van der Waals surface area contributed by atoms with Crippen molar-refractivity contribution in [3.63, 3.8) is 0 Å². The lowest BCUT2D eigenvalue weighted by molar-refractivity contribution is -0.137. The van der Waals surface area contributed by atoms with Gasteiger partial charge in [0, 0.05) is 7.05 Å². The summed E-state index contributed by atoms with van der Waals surface area (Å²) < 4.78 is 13.3. The van der Waals surface area contributed by atoms with Gasteiger partial charge in [-0.3, -0.25) is 10.1 Å². The Bertz CT molecular complexity index is 1010. The van der Waals surface area contributed by atoms with Crippen molar-refractivity contribution >= 4 is 16.7 Å². The second-order valence-corrected chi connectivity index (χ2v) is 7.81. The minimum Gasteiger partial charge on any atom is -0.376 e. The van der Waals surface area contributed by atoms with E-state index in [1.165, 1.54) is 12.1 Å². The van der Waals surface area contributed by atoms with E-state index in [2.05, 4.69) is 34.9 Å². The molecule has 0 aliphatic heterocycles. The number of hydrogen-bond acceptors (Lipinski definition) is 4. The Hall–Kier alpha value is -2.80. The van der Waals surface area contributed by atoms with Crippen molar-refractivity contribution in [2.75, 3.05) is 21.1 Å². The maximum absolute atomic E-state index is 13.3. The molecule has 3 aromatic carbocycles. The number of halogens is 1. The molecule has 0 aliphatic rings. The summed E-state index contributed by atoms with van der Waals surface area (Å²) in [6, 6.07) is 19.5. The molecule has 0 heterocycles. The second kappa shape index (κ2) is 10.5. The summed E-state index contributed by atoms with van der Waals surface area (Å²) in [6.07, 6.45) is 0.0116. The van der Waals surface area contributed by atoms with Gasteiger partial charge in [-0.15, -0.1) is 0 Å². The molecule has 31 heavy (non-hydrogen) atoms. The van der Waals surface area contributed by atoms with Crippen LogP contribution >= 0.6 is 0 Å². The first kappa shape index (κ1) is 22.9. The molecule has 0 spiro atoms. The van der Waals surface area contributed by atoms with Crippen LogP contribution < -0.4 is 10.6 Å². The van der Waals surface area contributed by atoms with Crippen LogP contribution in [0.2, 0.25) is 0 Å². The average molecular weight is 424 g/mol. The minimum atomic E-state index is -0.919. The van der Waals surface area contributed by atoms with E-state index in [1.54, 1.807) is 38.2 Å². The number of fused-ring (bicyclic) bond motifs is 1. The van der Waals surface area contributed by atoms with Crippen LogP contribution in [0.1, 0.15) is 11.1 Å². The summed E-state index contributed by atoms with van der Waals surface area (Å²) in [6.45, 7) is 0. The number of nitrogens with one attached hydrogen (secondary N) is 2. The molecule has 6 heteroatoms. The third-order valence-electron chi connectivity index (χ3n) is 5.76. The maximum Gasteiger partial charge on any atom is 0.240 e. The Morgan fingerprint density at radius 2 is 1.58 bits per heavy atom. The Morgan fingerprint density at radius 3 is 2.23 bits per heavy atom. The lowest BCUT2D eigenvalue weighted by Gasteiger charge is -2.34. The Balaban J connectivity index is 1.77. The highest BCUT2D eigenvalue weighted by Gasteiger charge is 2.30. The van der Waals surface area contributed by atoms with E-state index in [9.17, 15) is 14.3 Å². The standard InChI is InChI=1S/C25H30FN3O2/c1-27-22(15-18-8-11-19-6-4-5-7-20(19)14-18)25(31)29(3)23(24(30)28-2)16-17-9-12-21(26)13-10-17/h4-14,22-24,27-28,30H,15-16H2,1-3H3/t22-,23-,24?/m1/s1. The molecule has 0 aliphatic carbocycles. The van der Waals surface area contributed by atoms with Crippen LogP contribution in [0.5, 0.6) is 0 Å². The monoisotopic (exact) mass is 423 g/mol. The van der Waals surface area contributed by atoms with Gasteiger partial charge in [0.1, 0.15) is 12.0 Å². The van der Waals surface area contributed by atoms with Crippen LogP contribution in [0.4, 0.5) is 4.39 Å². The van der Waals surface area contributed by atoms with Gasteiger partial charge in [-0.25, -0.2) is 4.39 Å². The fourth-order valence-corrected chi connectivity index (χ4v) is 3.84. The lowest BCUT2D eigenvalue weighted by atomic mass is 9.99. The molecule has 0 aromatic heterocycles. The molecule has 0 bridgehead atoms. The number of rotatable bonds is 9. The number of likely N-dealkylation sites (N-methyl/N-ethyl adjacent to an activating group) is 3. The Kier molecular flexibility index (Phi) is 7.74. The first-order valence-corrected chi connectivity index (χ1v) is 10.4. The summed E-state index contributed by atoms with van der Waals surface area (Å²) in [5, 5.41) is 18.8. The van der Waals surface area contributed by atoms with Crippen LogP contribution in [0, 0.1) is 5.82 Å². The van der Waals surface area contributed by atoms with Crippen LogP contribution in [0.15, 0.2) is 66.7 Å². The van der Waals surface area contributed by atoms with Crippen LogP contribution in [0.25, 0.3) is 10.8 Å². The maximum atomic E-state index is 13.3. The van der Waals surface area contributed by atoms with Gasteiger partial charge in [-0.05, 0) is 61.0 Å². The first-order valence-electron chi connectivity index (χ1n) is 10.4. The summed E-state index contributed by atoms with van der Waals surface area (Å²) in [7, 11) is 5.11. The molecule has 1 amide bonds. The zero-order chi connectivity index (χ0) is 22.4. The summed E-state index contributed by atoms with van der Waals surface area (Å²) in [4.78, 5) is 14.9. The fraction of sp³-hybridized carbons (Fsp3) is 0.320. The van der Waals surface area contributed by atoms with Crippen molar-refractivity contribution in [2.24, 2.45) is 0 Å². The predicted molar refractivity (Wildman–Crippen MR) is 122 cm³/mol. The van der Waals surface area contributed by atoms with Gasteiger partial charge >= 0.3 is 0 Å². The van der Waals surface area contributed by atoms with Crippen LogP contribution in [-0.4, -0.2) is 55.4 Å². The van der Waals surface area contributed by atoms with E-state index < -0.39 is 18.3 Å². The van der Waals surface area contributed by atoms with Crippen LogP contribution in [-0.2, 0) is 17.6 Å². The number of benzene rings is 3. The molecule has 5 nitrogen and oxygen atoms in total. The van der Waals surface area contributed by atoms with Gasteiger partial charge in [-0.1, -0.05) is 54.6 Å². The lowest BCUT2D eigenvalue weighted by Crippen LogP contribution is -2.55. The molecular formula is C25H30FN3O2. The number of carbonyl (C=O) groups excluding carboxylic acids is 1. The molecule has 0 saturated heterocycles. The van der Waals surface area contributed by atoms with Crippen LogP contribution in [0.3, 0.4) is 0 Å². The Morgan fingerprint density at radius 1 is 0.935 bits per heavy atom. The number of amides is 1. The quantitative estimate of drug-likeness (QED) is 0.463. The SMILES string of the molecule is CNC(O)[C@@H](Cc1ccc(F)cc1)N(C)C(=O)[C@@H](Cc1ccc2ccccc2c1)NC. The van der Waals surface area contributed by atoms with Gasteiger partial charge in [-0.2, -0.15) is 0 Å². The van der Waals surface area contributed by atoms with Crippen molar-refractivity contribution in [3.8, 4) is 0 Å². The molecule has 1 unspecified atom stereocenters. The van der Waals surface area contributed by atoms with E-state index in [0.717, 1.165) is 21.9 Å². The molecule has 3 rings (SSSR count). The highest BCUT2D eigenvalue weighted by molar-refractivity contribution is 5.84. The Labute approximate surface area is 182 Å². The minimum absolute atomic E-state index is 0.114. The normalized spacial score (nSPS) is 14.2. The first-order chi connectivity index (χ1) is 14.9. The molecule has 0 saturated carbocycles. The summed E-state index contributed by atoms with van der Waals surface area (Å²) >= 11 is 0. The molecule has 164 valence electrons. The topological polar surface area (TPSA) is 64.6 Å². The molecule has 3 aromatic rings. The number of nitrogens with zero attached hydrogens (tertiary/aromatic N) is 1. The molecule has 3 N–H and O–H groups in total. The zero-order valence-electron chi connectivity index (χ0n) is 18.2.